The van der Waals surface area contributed by atoms with Gasteiger partial charge in [0.1, 0.15) is 5.82 Å². The quantitative estimate of drug-likeness (QED) is 0.399. The molecule has 26 heavy (non-hydrogen) atoms. The molecule has 8 heteroatoms. The van der Waals surface area contributed by atoms with E-state index in [4.69, 9.17) is 0 Å². The fourth-order valence-electron chi connectivity index (χ4n) is 2.51. The molecule has 0 bridgehead atoms. The third-order valence-corrected chi connectivity index (χ3v) is 3.67. The van der Waals surface area contributed by atoms with Crippen LogP contribution in [0.2, 0.25) is 0 Å². The summed E-state index contributed by atoms with van der Waals surface area (Å²) < 4.78 is 3.63. The Bertz CT molecular complexity index is 976. The fraction of sp³-hybridized carbons (Fsp3) is 0.222. The van der Waals surface area contributed by atoms with E-state index in [-0.39, 0.29) is 65.4 Å². The van der Waals surface area contributed by atoms with Crippen LogP contribution in [-0.2, 0) is 78.3 Å². The normalized spacial score (nSPS) is 9.92. The van der Waals surface area contributed by atoms with Crippen LogP contribution < -0.4 is 0 Å². The molecule has 0 spiro atoms. The van der Waals surface area contributed by atoms with E-state index in [1.54, 1.807) is 0 Å². The zero-order valence-electron chi connectivity index (χ0n) is 15.1. The molecule has 0 aliphatic rings. The number of hydrogen-bond donors (Lipinski definition) is 0. The maximum absolute atomic E-state index is 4.28. The van der Waals surface area contributed by atoms with E-state index < -0.39 is 0 Å². The predicted octanol–water partition coefficient (Wildman–Crippen LogP) is 2.94. The molecule has 0 atom stereocenters. The summed E-state index contributed by atoms with van der Waals surface area (Å²) in [4.78, 5) is 8.50. The van der Waals surface area contributed by atoms with Crippen molar-refractivity contribution in [1.82, 2.24) is 29.2 Å². The van der Waals surface area contributed by atoms with Crippen molar-refractivity contribution >= 4 is 11.0 Å². The molecule has 4 rings (SSSR count). The first kappa shape index (κ1) is 23.2. The summed E-state index contributed by atoms with van der Waals surface area (Å²) in [5.74, 6) is 1.42. The molecule has 0 saturated carbocycles. The van der Waals surface area contributed by atoms with Crippen molar-refractivity contribution < 1.29 is 65.4 Å². The molecular formula is C18H20N6Y2-2. The Hall–Kier alpha value is -0.812. The smallest absolute Gasteiger partial charge is 0.144 e. The Labute approximate surface area is 204 Å². The molecule has 0 amide bonds. The molecule has 0 aromatic carbocycles. The first-order valence-electron chi connectivity index (χ1n) is 7.94. The van der Waals surface area contributed by atoms with E-state index in [2.05, 4.69) is 40.9 Å². The number of hydrogen-bond acceptors (Lipinski definition) is 4. The third-order valence-electron chi connectivity index (χ3n) is 3.67. The molecule has 4 aromatic rings. The summed E-state index contributed by atoms with van der Waals surface area (Å²) >= 11 is 0. The SMILES string of the molecule is [CH2-]c1nc(CC)c2cccn2n1.[CH2-]c1nc(CC)nn2cccc12.[Y].[Y]. The minimum atomic E-state index is 0. The molecule has 4 aromatic heterocycles. The maximum atomic E-state index is 4.28. The van der Waals surface area contributed by atoms with Crippen molar-refractivity contribution in [1.29, 1.82) is 0 Å². The summed E-state index contributed by atoms with van der Waals surface area (Å²) in [5, 5.41) is 8.42. The van der Waals surface area contributed by atoms with E-state index in [0.29, 0.717) is 5.82 Å². The van der Waals surface area contributed by atoms with Gasteiger partial charge < -0.3 is 11.4 Å². The Kier molecular flexibility index (Phi) is 9.38. The van der Waals surface area contributed by atoms with E-state index in [1.165, 1.54) is 0 Å². The van der Waals surface area contributed by atoms with E-state index in [0.717, 1.165) is 41.1 Å². The van der Waals surface area contributed by atoms with Gasteiger partial charge in [-0.1, -0.05) is 31.1 Å². The van der Waals surface area contributed by atoms with Crippen LogP contribution >= 0.6 is 0 Å². The predicted molar refractivity (Wildman–Crippen MR) is 93.6 cm³/mol. The fourth-order valence-corrected chi connectivity index (χ4v) is 2.51. The second-order valence-electron chi connectivity index (χ2n) is 5.33. The average molecular weight is 498 g/mol. The zero-order chi connectivity index (χ0) is 17.1. The number of rotatable bonds is 2. The Morgan fingerprint density at radius 2 is 1.46 bits per heavy atom. The van der Waals surface area contributed by atoms with Crippen LogP contribution in [0.3, 0.4) is 0 Å². The summed E-state index contributed by atoms with van der Waals surface area (Å²) in [6.45, 7) is 11.7. The minimum absolute atomic E-state index is 0. The molecule has 0 fully saturated rings. The topological polar surface area (TPSA) is 60.4 Å². The van der Waals surface area contributed by atoms with E-state index in [1.807, 2.05) is 52.6 Å². The van der Waals surface area contributed by atoms with Crippen LogP contribution in [0.15, 0.2) is 36.7 Å². The van der Waals surface area contributed by atoms with Gasteiger partial charge in [0.05, 0.1) is 11.2 Å². The van der Waals surface area contributed by atoms with Crippen molar-refractivity contribution in [3.63, 3.8) is 0 Å². The molecule has 130 valence electrons. The van der Waals surface area contributed by atoms with Crippen LogP contribution in [0.5, 0.6) is 0 Å². The van der Waals surface area contributed by atoms with Crippen LogP contribution in [0.1, 0.15) is 36.9 Å². The van der Waals surface area contributed by atoms with Crippen molar-refractivity contribution in [3.8, 4) is 0 Å². The van der Waals surface area contributed by atoms with Gasteiger partial charge in [-0.05, 0) is 18.6 Å². The summed E-state index contributed by atoms with van der Waals surface area (Å²) in [7, 11) is 0. The first-order chi connectivity index (χ1) is 11.6. The third kappa shape index (κ3) is 5.13. The number of nitrogens with zero attached hydrogens (tertiary/aromatic N) is 6. The Balaban J connectivity index is 0.000000241. The van der Waals surface area contributed by atoms with Crippen molar-refractivity contribution in [2.75, 3.05) is 0 Å². The number of aromatic nitrogens is 6. The first-order valence-corrected chi connectivity index (χ1v) is 7.94. The van der Waals surface area contributed by atoms with Crippen molar-refractivity contribution in [3.05, 3.63) is 73.5 Å². The second kappa shape index (κ2) is 10.5. The van der Waals surface area contributed by atoms with Gasteiger partial charge in [-0.15, -0.1) is 6.07 Å². The van der Waals surface area contributed by atoms with Gasteiger partial charge >= 0.3 is 0 Å². The van der Waals surface area contributed by atoms with Crippen LogP contribution in [0.25, 0.3) is 11.0 Å². The number of fused-ring (bicyclic) bond motifs is 2. The standard InChI is InChI=1S/2C9H10N3.2Y/c1-3-9-10-7(2)8-5-4-6-12(8)11-9;1-3-8-9-5-4-6-12(9)11-7(2)10-8;;/h2*4-6H,2-3H2,1H3;;/q2*-1;;. The van der Waals surface area contributed by atoms with Crippen LogP contribution in [0.4, 0.5) is 0 Å². The summed E-state index contributed by atoms with van der Waals surface area (Å²) in [5.41, 5.74) is 3.91. The monoisotopic (exact) mass is 498 g/mol. The van der Waals surface area contributed by atoms with E-state index >= 15 is 0 Å². The van der Waals surface area contributed by atoms with Gasteiger partial charge in [0.25, 0.3) is 0 Å². The van der Waals surface area contributed by atoms with Gasteiger partial charge in [-0.3, -0.25) is 9.97 Å². The zero-order valence-corrected chi connectivity index (χ0v) is 20.8. The summed E-state index contributed by atoms with van der Waals surface area (Å²) in [6, 6.07) is 7.88. The average Bonchev–Trinajstić information content (AvgIpc) is 3.23. The van der Waals surface area contributed by atoms with Crippen LogP contribution in [0, 0.1) is 13.8 Å². The molecule has 6 nitrogen and oxygen atoms in total. The second-order valence-corrected chi connectivity index (χ2v) is 5.33. The number of aryl methyl sites for hydroxylation is 2. The van der Waals surface area contributed by atoms with Gasteiger partial charge in [0, 0.05) is 90.1 Å². The largest absolute Gasteiger partial charge is 0.336 e. The molecular weight excluding hydrogens is 478 g/mol. The Morgan fingerprint density at radius 3 is 2.08 bits per heavy atom. The molecule has 2 radical (unpaired) electrons. The van der Waals surface area contributed by atoms with Crippen molar-refractivity contribution in [2.24, 2.45) is 0 Å². The molecule has 0 saturated heterocycles. The molecule has 4 heterocycles. The maximum Gasteiger partial charge on any atom is 0.144 e. The summed E-state index contributed by atoms with van der Waals surface area (Å²) in [6.07, 6.45) is 5.57. The molecule has 0 aliphatic heterocycles. The van der Waals surface area contributed by atoms with Crippen LogP contribution in [-0.4, -0.2) is 29.2 Å². The Morgan fingerprint density at radius 1 is 0.846 bits per heavy atom. The van der Waals surface area contributed by atoms with E-state index in [9.17, 15) is 0 Å². The van der Waals surface area contributed by atoms with Gasteiger partial charge in [-0.2, -0.15) is 10.2 Å². The van der Waals surface area contributed by atoms with Gasteiger partial charge in [0.2, 0.25) is 0 Å². The van der Waals surface area contributed by atoms with Crippen molar-refractivity contribution in [2.45, 2.75) is 26.7 Å². The minimum Gasteiger partial charge on any atom is -0.336 e. The van der Waals surface area contributed by atoms with Gasteiger partial charge in [-0.25, -0.2) is 11.4 Å². The van der Waals surface area contributed by atoms with Gasteiger partial charge in [0.15, 0.2) is 0 Å². The molecule has 0 aliphatic carbocycles. The molecule has 0 N–H and O–H groups in total. The molecule has 0 unspecified atom stereocenters.